The van der Waals surface area contributed by atoms with Crippen LogP contribution in [0.5, 0.6) is 0 Å². The van der Waals surface area contributed by atoms with E-state index in [4.69, 9.17) is 4.74 Å². The summed E-state index contributed by atoms with van der Waals surface area (Å²) in [5.41, 5.74) is 4.50. The smallest absolute Gasteiger partial charge is 0.338 e. The molecule has 0 atom stereocenters. The average Bonchev–Trinajstić information content (AvgIpc) is 2.52. The number of benzene rings is 2. The molecule has 0 saturated heterocycles. The first-order valence-electron chi connectivity index (χ1n) is 7.62. The standard InChI is InChI=1S/C19H21NO3/c1-4-23-19(22)16-7-9-17(10-8-16)20-18(21)12-15-6-5-13(2)14(3)11-15/h5-11H,4,12H2,1-3H3,(H,20,21). The van der Waals surface area contributed by atoms with Gasteiger partial charge in [-0.05, 0) is 61.7 Å². The van der Waals surface area contributed by atoms with Crippen LogP contribution < -0.4 is 5.32 Å². The fraction of sp³-hybridized carbons (Fsp3) is 0.263. The molecule has 0 aliphatic carbocycles. The molecule has 1 amide bonds. The predicted molar refractivity (Wildman–Crippen MR) is 90.6 cm³/mol. The maximum absolute atomic E-state index is 12.1. The van der Waals surface area contributed by atoms with E-state index in [9.17, 15) is 9.59 Å². The van der Waals surface area contributed by atoms with Gasteiger partial charge in [-0.15, -0.1) is 0 Å². The third kappa shape index (κ3) is 4.68. The van der Waals surface area contributed by atoms with Gasteiger partial charge >= 0.3 is 5.97 Å². The van der Waals surface area contributed by atoms with Crippen molar-refractivity contribution in [3.63, 3.8) is 0 Å². The van der Waals surface area contributed by atoms with Gasteiger partial charge in [0.15, 0.2) is 0 Å². The number of ether oxygens (including phenoxy) is 1. The number of amides is 1. The molecule has 0 spiro atoms. The number of aryl methyl sites for hydroxylation is 2. The molecule has 2 aromatic carbocycles. The largest absolute Gasteiger partial charge is 0.462 e. The molecule has 0 aliphatic rings. The molecular formula is C19H21NO3. The van der Waals surface area contributed by atoms with Crippen molar-refractivity contribution in [3.8, 4) is 0 Å². The third-order valence-corrected chi connectivity index (χ3v) is 3.62. The lowest BCUT2D eigenvalue weighted by atomic mass is 10.0. The molecule has 0 heterocycles. The van der Waals surface area contributed by atoms with Crippen LogP contribution in [0.25, 0.3) is 0 Å². The highest BCUT2D eigenvalue weighted by Crippen LogP contribution is 2.13. The summed E-state index contributed by atoms with van der Waals surface area (Å²) >= 11 is 0. The summed E-state index contributed by atoms with van der Waals surface area (Å²) in [6.45, 7) is 6.18. The van der Waals surface area contributed by atoms with Gasteiger partial charge in [0.1, 0.15) is 0 Å². The molecular weight excluding hydrogens is 290 g/mol. The summed E-state index contributed by atoms with van der Waals surface area (Å²) in [6, 6.07) is 12.7. The molecule has 23 heavy (non-hydrogen) atoms. The highest BCUT2D eigenvalue weighted by molar-refractivity contribution is 5.94. The van der Waals surface area contributed by atoms with Crippen molar-refractivity contribution in [3.05, 3.63) is 64.7 Å². The van der Waals surface area contributed by atoms with Crippen molar-refractivity contribution in [2.75, 3.05) is 11.9 Å². The Morgan fingerprint density at radius 2 is 1.70 bits per heavy atom. The van der Waals surface area contributed by atoms with Gasteiger partial charge in [-0.2, -0.15) is 0 Å². The molecule has 1 N–H and O–H groups in total. The van der Waals surface area contributed by atoms with Crippen LogP contribution in [0, 0.1) is 13.8 Å². The number of hydrogen-bond acceptors (Lipinski definition) is 3. The Balaban J connectivity index is 1.97. The summed E-state index contributed by atoms with van der Waals surface area (Å²) in [6.07, 6.45) is 0.320. The second kappa shape index (κ2) is 7.58. The molecule has 4 nitrogen and oxygen atoms in total. The highest BCUT2D eigenvalue weighted by Gasteiger charge is 2.08. The molecule has 0 radical (unpaired) electrons. The zero-order valence-corrected chi connectivity index (χ0v) is 13.7. The molecule has 2 rings (SSSR count). The first-order chi connectivity index (χ1) is 11.0. The van der Waals surface area contributed by atoms with Crippen molar-refractivity contribution < 1.29 is 14.3 Å². The van der Waals surface area contributed by atoms with E-state index < -0.39 is 0 Å². The van der Waals surface area contributed by atoms with Gasteiger partial charge in [-0.25, -0.2) is 4.79 Å². The van der Waals surface area contributed by atoms with Crippen LogP contribution in [-0.4, -0.2) is 18.5 Å². The van der Waals surface area contributed by atoms with Crippen molar-refractivity contribution in [1.82, 2.24) is 0 Å². The van der Waals surface area contributed by atoms with Gasteiger partial charge in [0, 0.05) is 5.69 Å². The Labute approximate surface area is 136 Å². The number of carbonyl (C=O) groups is 2. The van der Waals surface area contributed by atoms with Gasteiger partial charge in [-0.3, -0.25) is 4.79 Å². The van der Waals surface area contributed by atoms with E-state index in [0.29, 0.717) is 24.3 Å². The van der Waals surface area contributed by atoms with Gasteiger partial charge in [-0.1, -0.05) is 18.2 Å². The summed E-state index contributed by atoms with van der Waals surface area (Å²) in [5.74, 6) is -0.447. The van der Waals surface area contributed by atoms with E-state index in [0.717, 1.165) is 5.56 Å². The van der Waals surface area contributed by atoms with E-state index in [-0.39, 0.29) is 11.9 Å². The fourth-order valence-electron chi connectivity index (χ4n) is 2.21. The lowest BCUT2D eigenvalue weighted by molar-refractivity contribution is -0.115. The Morgan fingerprint density at radius 3 is 2.30 bits per heavy atom. The minimum absolute atomic E-state index is 0.0860. The zero-order chi connectivity index (χ0) is 16.8. The molecule has 0 fully saturated rings. The topological polar surface area (TPSA) is 55.4 Å². The molecule has 0 aliphatic heterocycles. The van der Waals surface area contributed by atoms with Crippen LogP contribution in [-0.2, 0) is 16.0 Å². The molecule has 2 aromatic rings. The van der Waals surface area contributed by atoms with E-state index in [1.165, 1.54) is 11.1 Å². The quantitative estimate of drug-likeness (QED) is 0.857. The maximum atomic E-state index is 12.1. The van der Waals surface area contributed by atoms with Crippen molar-refractivity contribution >= 4 is 17.6 Å². The van der Waals surface area contributed by atoms with Crippen molar-refractivity contribution in [2.24, 2.45) is 0 Å². The molecule has 0 bridgehead atoms. The maximum Gasteiger partial charge on any atom is 0.338 e. The van der Waals surface area contributed by atoms with E-state index >= 15 is 0 Å². The summed E-state index contributed by atoms with van der Waals surface area (Å²) in [5, 5.41) is 2.83. The molecule has 0 unspecified atom stereocenters. The normalized spacial score (nSPS) is 10.2. The Bertz CT molecular complexity index is 705. The van der Waals surface area contributed by atoms with Gasteiger partial charge in [0.25, 0.3) is 0 Å². The summed E-state index contributed by atoms with van der Waals surface area (Å²) < 4.78 is 4.92. The Kier molecular flexibility index (Phi) is 5.52. The highest BCUT2D eigenvalue weighted by atomic mass is 16.5. The Hall–Kier alpha value is -2.62. The van der Waals surface area contributed by atoms with Crippen LogP contribution in [0.4, 0.5) is 5.69 Å². The summed E-state index contributed by atoms with van der Waals surface area (Å²) in [4.78, 5) is 23.7. The average molecular weight is 311 g/mol. The van der Waals surface area contributed by atoms with Crippen LogP contribution >= 0.6 is 0 Å². The number of anilines is 1. The van der Waals surface area contributed by atoms with E-state index in [1.807, 2.05) is 32.0 Å². The minimum Gasteiger partial charge on any atom is -0.462 e. The second-order valence-corrected chi connectivity index (χ2v) is 5.44. The third-order valence-electron chi connectivity index (χ3n) is 3.62. The number of hydrogen-bond donors (Lipinski definition) is 1. The van der Waals surface area contributed by atoms with Gasteiger partial charge in [0.2, 0.25) is 5.91 Å². The van der Waals surface area contributed by atoms with Gasteiger partial charge < -0.3 is 10.1 Å². The molecule has 0 saturated carbocycles. The van der Waals surface area contributed by atoms with E-state index in [2.05, 4.69) is 5.32 Å². The van der Waals surface area contributed by atoms with Gasteiger partial charge in [0.05, 0.1) is 18.6 Å². The first-order valence-corrected chi connectivity index (χ1v) is 7.62. The van der Waals surface area contributed by atoms with Crippen molar-refractivity contribution in [1.29, 1.82) is 0 Å². The number of nitrogens with one attached hydrogen (secondary N) is 1. The first kappa shape index (κ1) is 16.7. The van der Waals surface area contributed by atoms with E-state index in [1.54, 1.807) is 31.2 Å². The molecule has 0 aromatic heterocycles. The number of esters is 1. The second-order valence-electron chi connectivity index (χ2n) is 5.44. The lowest BCUT2D eigenvalue weighted by Crippen LogP contribution is -2.14. The Morgan fingerprint density at radius 1 is 1.00 bits per heavy atom. The van der Waals surface area contributed by atoms with Crippen LogP contribution in [0.2, 0.25) is 0 Å². The SMILES string of the molecule is CCOC(=O)c1ccc(NC(=O)Cc2ccc(C)c(C)c2)cc1. The molecule has 120 valence electrons. The zero-order valence-electron chi connectivity index (χ0n) is 13.7. The fourth-order valence-corrected chi connectivity index (χ4v) is 2.21. The predicted octanol–water partition coefficient (Wildman–Crippen LogP) is 3.66. The summed E-state index contributed by atoms with van der Waals surface area (Å²) in [7, 11) is 0. The number of rotatable bonds is 5. The monoisotopic (exact) mass is 311 g/mol. The van der Waals surface area contributed by atoms with Crippen LogP contribution in [0.15, 0.2) is 42.5 Å². The molecule has 4 heteroatoms. The van der Waals surface area contributed by atoms with Crippen LogP contribution in [0.1, 0.15) is 34.0 Å². The lowest BCUT2D eigenvalue weighted by Gasteiger charge is -2.08. The number of carbonyl (C=O) groups excluding carboxylic acids is 2. The van der Waals surface area contributed by atoms with Crippen LogP contribution in [0.3, 0.4) is 0 Å². The van der Waals surface area contributed by atoms with Crippen molar-refractivity contribution in [2.45, 2.75) is 27.2 Å². The minimum atomic E-state index is -0.361.